The van der Waals surface area contributed by atoms with Gasteiger partial charge < -0.3 is 14.4 Å². The summed E-state index contributed by atoms with van der Waals surface area (Å²) in [6.07, 6.45) is 4.32. The molecular weight excluding hydrogens is 340 g/mol. The topological polar surface area (TPSA) is 51.7 Å². The smallest absolute Gasteiger partial charge is 0.410 e. The highest BCUT2D eigenvalue weighted by atomic mass is 16.6. The van der Waals surface area contributed by atoms with E-state index in [0.29, 0.717) is 19.1 Å². The molecule has 1 fully saturated rings. The Kier molecular flexibility index (Phi) is 4.54. The molecule has 1 aromatic carbocycles. The van der Waals surface area contributed by atoms with Gasteiger partial charge in [-0.2, -0.15) is 0 Å². The lowest BCUT2D eigenvalue weighted by Gasteiger charge is -2.25. The number of carbonyl (C=O) groups is 1. The van der Waals surface area contributed by atoms with Crippen molar-refractivity contribution in [1.29, 1.82) is 0 Å². The summed E-state index contributed by atoms with van der Waals surface area (Å²) in [5, 5.41) is 0. The number of pyridine rings is 1. The van der Waals surface area contributed by atoms with Crippen molar-refractivity contribution in [3.05, 3.63) is 48.3 Å². The lowest BCUT2D eigenvalue weighted by molar-refractivity contribution is 0.0284. The predicted octanol–water partition coefficient (Wildman–Crippen LogP) is 4.48. The molecule has 0 saturated carbocycles. The van der Waals surface area contributed by atoms with Crippen LogP contribution in [0.5, 0.6) is 5.75 Å². The second-order valence-corrected chi connectivity index (χ2v) is 8.35. The minimum absolute atomic E-state index is 0.219. The molecule has 4 rings (SSSR count). The fourth-order valence-corrected chi connectivity index (χ4v) is 4.07. The van der Waals surface area contributed by atoms with E-state index >= 15 is 0 Å². The quantitative estimate of drug-likeness (QED) is 0.747. The van der Waals surface area contributed by atoms with Gasteiger partial charge in [0, 0.05) is 37.0 Å². The zero-order valence-electron chi connectivity index (χ0n) is 16.1. The molecule has 5 heteroatoms. The van der Waals surface area contributed by atoms with Gasteiger partial charge in [-0.05, 0) is 56.4 Å². The molecule has 5 nitrogen and oxygen atoms in total. The van der Waals surface area contributed by atoms with Gasteiger partial charge in [-0.3, -0.25) is 4.98 Å². The Bertz CT molecular complexity index is 829. The van der Waals surface area contributed by atoms with Crippen LogP contribution in [0, 0.1) is 5.92 Å². The number of amides is 1. The summed E-state index contributed by atoms with van der Waals surface area (Å²) in [5.41, 5.74) is 2.91. The molecular formula is C22H26N2O3. The minimum atomic E-state index is -0.475. The van der Waals surface area contributed by atoms with E-state index in [0.717, 1.165) is 29.8 Å². The van der Waals surface area contributed by atoms with Crippen molar-refractivity contribution >= 4 is 6.09 Å². The number of benzene rings is 1. The van der Waals surface area contributed by atoms with Crippen molar-refractivity contribution in [1.82, 2.24) is 9.88 Å². The van der Waals surface area contributed by atoms with Crippen LogP contribution in [0.2, 0.25) is 0 Å². The molecule has 3 heterocycles. The van der Waals surface area contributed by atoms with Gasteiger partial charge >= 0.3 is 6.09 Å². The van der Waals surface area contributed by atoms with E-state index in [4.69, 9.17) is 9.47 Å². The van der Waals surface area contributed by atoms with Crippen molar-refractivity contribution in [3.63, 3.8) is 0 Å². The van der Waals surface area contributed by atoms with Gasteiger partial charge in [-0.25, -0.2) is 4.79 Å². The maximum absolute atomic E-state index is 12.6. The fourth-order valence-electron chi connectivity index (χ4n) is 4.07. The van der Waals surface area contributed by atoms with Crippen molar-refractivity contribution in [3.8, 4) is 16.9 Å². The number of aromatic nitrogens is 1. The first kappa shape index (κ1) is 17.8. The van der Waals surface area contributed by atoms with Gasteiger partial charge in [0.25, 0.3) is 0 Å². The van der Waals surface area contributed by atoms with Crippen LogP contribution in [-0.4, -0.2) is 41.3 Å². The Hall–Kier alpha value is -2.56. The van der Waals surface area contributed by atoms with Crippen molar-refractivity contribution in [2.45, 2.75) is 38.7 Å². The third-order valence-corrected chi connectivity index (χ3v) is 5.26. The Morgan fingerprint density at radius 2 is 1.96 bits per heavy atom. The maximum atomic E-state index is 12.6. The Morgan fingerprint density at radius 1 is 1.19 bits per heavy atom. The first-order chi connectivity index (χ1) is 12.9. The molecule has 0 radical (unpaired) electrons. The van der Waals surface area contributed by atoms with Crippen molar-refractivity contribution in [2.75, 3.05) is 19.7 Å². The third-order valence-electron chi connectivity index (χ3n) is 5.26. The molecule has 1 amide bonds. The number of hydrogen-bond donors (Lipinski definition) is 0. The van der Waals surface area contributed by atoms with E-state index in [1.54, 1.807) is 12.4 Å². The molecule has 0 spiro atoms. The van der Waals surface area contributed by atoms with Crippen molar-refractivity contribution < 1.29 is 14.3 Å². The van der Waals surface area contributed by atoms with Gasteiger partial charge in [0.2, 0.25) is 0 Å². The monoisotopic (exact) mass is 366 g/mol. The van der Waals surface area contributed by atoms with E-state index < -0.39 is 5.60 Å². The molecule has 0 aliphatic carbocycles. The molecule has 2 aromatic rings. The van der Waals surface area contributed by atoms with Crippen LogP contribution in [0.25, 0.3) is 11.1 Å². The zero-order valence-corrected chi connectivity index (χ0v) is 16.1. The maximum Gasteiger partial charge on any atom is 0.410 e. The number of rotatable bonds is 1. The van der Waals surface area contributed by atoms with Gasteiger partial charge in [0.05, 0.1) is 6.61 Å². The summed E-state index contributed by atoms with van der Waals surface area (Å²) in [6.45, 7) is 7.78. The molecule has 0 bridgehead atoms. The van der Waals surface area contributed by atoms with E-state index in [1.807, 2.05) is 37.8 Å². The average Bonchev–Trinajstić information content (AvgIpc) is 2.98. The normalized spacial score (nSPS) is 21.7. The number of para-hydroxylation sites is 1. The van der Waals surface area contributed by atoms with E-state index in [-0.39, 0.29) is 12.0 Å². The van der Waals surface area contributed by atoms with E-state index in [9.17, 15) is 4.79 Å². The molecule has 2 aliphatic rings. The second-order valence-electron chi connectivity index (χ2n) is 8.35. The summed E-state index contributed by atoms with van der Waals surface area (Å²) >= 11 is 0. The lowest BCUT2D eigenvalue weighted by atomic mass is 9.86. The van der Waals surface area contributed by atoms with Gasteiger partial charge in [-0.15, -0.1) is 0 Å². The number of carbonyl (C=O) groups excluding carboxylic acids is 1. The van der Waals surface area contributed by atoms with Crippen LogP contribution >= 0.6 is 0 Å². The lowest BCUT2D eigenvalue weighted by Crippen LogP contribution is -2.35. The minimum Gasteiger partial charge on any atom is -0.493 e. The SMILES string of the molecule is CC(C)(C)OC(=O)N1C[C@@H]2CCOc3c(-c4ccncc4)cccc3[C@H]2C1. The first-order valence-corrected chi connectivity index (χ1v) is 9.56. The molecule has 0 unspecified atom stereocenters. The first-order valence-electron chi connectivity index (χ1n) is 9.56. The second kappa shape index (κ2) is 6.87. The summed E-state index contributed by atoms with van der Waals surface area (Å²) in [7, 11) is 0. The highest BCUT2D eigenvalue weighted by Gasteiger charge is 2.40. The molecule has 1 aromatic heterocycles. The van der Waals surface area contributed by atoms with Crippen LogP contribution in [0.15, 0.2) is 42.7 Å². The number of ether oxygens (including phenoxy) is 2. The van der Waals surface area contributed by atoms with Crippen molar-refractivity contribution in [2.24, 2.45) is 5.92 Å². The van der Waals surface area contributed by atoms with Crippen LogP contribution in [-0.2, 0) is 4.74 Å². The summed E-state index contributed by atoms with van der Waals surface area (Å²) in [5.74, 6) is 1.62. The highest BCUT2D eigenvalue weighted by Crippen LogP contribution is 2.45. The molecule has 1 saturated heterocycles. The Balaban J connectivity index is 1.65. The number of nitrogens with zero attached hydrogens (tertiary/aromatic N) is 2. The fraction of sp³-hybridized carbons (Fsp3) is 0.455. The summed E-state index contributed by atoms with van der Waals surface area (Å²) in [6, 6.07) is 10.3. The molecule has 27 heavy (non-hydrogen) atoms. The Morgan fingerprint density at radius 3 is 2.70 bits per heavy atom. The van der Waals surface area contributed by atoms with Crippen LogP contribution in [0.1, 0.15) is 38.7 Å². The number of fused-ring (bicyclic) bond motifs is 3. The van der Waals surface area contributed by atoms with E-state index in [2.05, 4.69) is 23.2 Å². The molecule has 2 aliphatic heterocycles. The van der Waals surface area contributed by atoms with Gasteiger partial charge in [0.15, 0.2) is 0 Å². The average molecular weight is 366 g/mol. The predicted molar refractivity (Wildman–Crippen MR) is 104 cm³/mol. The Labute approximate surface area is 160 Å². The molecule has 0 N–H and O–H groups in total. The zero-order chi connectivity index (χ0) is 19.0. The summed E-state index contributed by atoms with van der Waals surface area (Å²) in [4.78, 5) is 18.5. The largest absolute Gasteiger partial charge is 0.493 e. The summed E-state index contributed by atoms with van der Waals surface area (Å²) < 4.78 is 11.8. The van der Waals surface area contributed by atoms with Crippen LogP contribution in [0.4, 0.5) is 4.79 Å². The van der Waals surface area contributed by atoms with Gasteiger partial charge in [-0.1, -0.05) is 18.2 Å². The number of hydrogen-bond acceptors (Lipinski definition) is 4. The number of likely N-dealkylation sites (tertiary alicyclic amines) is 1. The van der Waals surface area contributed by atoms with Crippen LogP contribution in [0.3, 0.4) is 0 Å². The molecule has 2 atom stereocenters. The van der Waals surface area contributed by atoms with E-state index in [1.165, 1.54) is 5.56 Å². The standard InChI is InChI=1S/C22H26N2O3/c1-22(2,3)27-21(25)24-13-16-9-12-26-20-17(15-7-10-23-11-8-15)5-4-6-18(20)19(16)14-24/h4-8,10-11,16,19H,9,12-14H2,1-3H3/t16-,19-/m0/s1. The third kappa shape index (κ3) is 3.64. The van der Waals surface area contributed by atoms with Crippen LogP contribution < -0.4 is 4.74 Å². The van der Waals surface area contributed by atoms with Gasteiger partial charge in [0.1, 0.15) is 11.4 Å². The highest BCUT2D eigenvalue weighted by molar-refractivity contribution is 5.73. The molecule has 142 valence electrons.